The molecule has 1 aliphatic heterocycles. The molecule has 0 spiro atoms. The van der Waals surface area contributed by atoms with Gasteiger partial charge in [0.25, 0.3) is 5.91 Å². The van der Waals surface area contributed by atoms with Crippen molar-refractivity contribution < 1.29 is 19.7 Å². The van der Waals surface area contributed by atoms with E-state index in [4.69, 9.17) is 4.74 Å². The van der Waals surface area contributed by atoms with Crippen LogP contribution >= 0.6 is 0 Å². The van der Waals surface area contributed by atoms with Crippen LogP contribution in [-0.4, -0.2) is 58.9 Å². The molecule has 0 aliphatic carbocycles. The van der Waals surface area contributed by atoms with Gasteiger partial charge < -0.3 is 25.2 Å². The summed E-state index contributed by atoms with van der Waals surface area (Å²) in [6.45, 7) is 2.55. The van der Waals surface area contributed by atoms with Gasteiger partial charge in [-0.25, -0.2) is 4.98 Å². The summed E-state index contributed by atoms with van der Waals surface area (Å²) in [6.07, 6.45) is 0.754. The molecule has 1 aromatic heterocycles. The Labute approximate surface area is 145 Å². The van der Waals surface area contributed by atoms with E-state index in [9.17, 15) is 15.0 Å². The molecular weight excluding hydrogens is 322 g/mol. The van der Waals surface area contributed by atoms with Crippen LogP contribution in [-0.2, 0) is 4.74 Å². The van der Waals surface area contributed by atoms with Crippen molar-refractivity contribution in [2.75, 3.05) is 38.2 Å². The van der Waals surface area contributed by atoms with Gasteiger partial charge in [0.1, 0.15) is 11.6 Å². The lowest BCUT2D eigenvalue weighted by Crippen LogP contribution is -2.40. The molecule has 1 saturated heterocycles. The number of phenols is 1. The van der Waals surface area contributed by atoms with Gasteiger partial charge in [-0.2, -0.15) is 0 Å². The fraction of sp³-hybridized carbons (Fsp3) is 0.333. The SMILES string of the molecule is O=C(c1ccc(NCC(O)c2cccc(O)c2)nc1)N1CCOCC1. The summed E-state index contributed by atoms with van der Waals surface area (Å²) in [6, 6.07) is 9.91. The standard InChI is InChI=1S/C18H21N3O4/c22-15-3-1-2-13(10-15)16(23)12-20-17-5-4-14(11-19-17)18(24)21-6-8-25-9-7-21/h1-5,10-11,16,22-23H,6-9,12H2,(H,19,20). The van der Waals surface area contributed by atoms with Crippen molar-refractivity contribution in [1.82, 2.24) is 9.88 Å². The number of amides is 1. The van der Waals surface area contributed by atoms with Crippen molar-refractivity contribution in [3.8, 4) is 5.75 Å². The van der Waals surface area contributed by atoms with E-state index >= 15 is 0 Å². The van der Waals surface area contributed by atoms with E-state index in [1.54, 1.807) is 35.2 Å². The minimum atomic E-state index is -0.774. The topological polar surface area (TPSA) is 94.9 Å². The van der Waals surface area contributed by atoms with E-state index in [0.29, 0.717) is 43.2 Å². The number of benzene rings is 1. The van der Waals surface area contributed by atoms with Crippen LogP contribution in [0.25, 0.3) is 0 Å². The maximum Gasteiger partial charge on any atom is 0.255 e. The normalized spacial score (nSPS) is 15.6. The summed E-state index contributed by atoms with van der Waals surface area (Å²) >= 11 is 0. The molecule has 1 amide bonds. The Hall–Kier alpha value is -2.64. The number of aromatic nitrogens is 1. The number of phenolic OH excluding ortho intramolecular Hbond substituents is 1. The molecule has 0 saturated carbocycles. The van der Waals surface area contributed by atoms with Crippen LogP contribution in [0, 0.1) is 0 Å². The first-order chi connectivity index (χ1) is 12.1. The molecule has 132 valence electrons. The van der Waals surface area contributed by atoms with Gasteiger partial charge in [-0.3, -0.25) is 4.79 Å². The van der Waals surface area contributed by atoms with Gasteiger partial charge in [0, 0.05) is 25.8 Å². The Morgan fingerprint density at radius 3 is 2.76 bits per heavy atom. The molecule has 1 aliphatic rings. The molecule has 2 aromatic rings. The second-order valence-corrected chi connectivity index (χ2v) is 5.83. The summed E-state index contributed by atoms with van der Waals surface area (Å²) in [7, 11) is 0. The molecule has 3 rings (SSSR count). The summed E-state index contributed by atoms with van der Waals surface area (Å²) in [5.41, 5.74) is 1.15. The van der Waals surface area contributed by atoms with E-state index in [-0.39, 0.29) is 18.2 Å². The van der Waals surface area contributed by atoms with Crippen LogP contribution in [0.5, 0.6) is 5.75 Å². The third kappa shape index (κ3) is 4.46. The average Bonchev–Trinajstić information content (AvgIpc) is 2.66. The van der Waals surface area contributed by atoms with Gasteiger partial charge in [0.2, 0.25) is 0 Å². The first-order valence-electron chi connectivity index (χ1n) is 8.17. The number of morpholine rings is 1. The number of anilines is 1. The number of nitrogens with one attached hydrogen (secondary N) is 1. The molecule has 0 radical (unpaired) electrons. The maximum absolute atomic E-state index is 12.3. The number of hydrogen-bond donors (Lipinski definition) is 3. The summed E-state index contributed by atoms with van der Waals surface area (Å²) in [5, 5.41) is 22.6. The maximum atomic E-state index is 12.3. The number of carbonyl (C=O) groups is 1. The highest BCUT2D eigenvalue weighted by Gasteiger charge is 2.18. The number of pyridine rings is 1. The number of aliphatic hydroxyl groups is 1. The second-order valence-electron chi connectivity index (χ2n) is 5.83. The van der Waals surface area contributed by atoms with Gasteiger partial charge >= 0.3 is 0 Å². The third-order valence-electron chi connectivity index (χ3n) is 4.04. The van der Waals surface area contributed by atoms with E-state index in [2.05, 4.69) is 10.3 Å². The Bertz CT molecular complexity index is 715. The quantitative estimate of drug-likeness (QED) is 0.760. The van der Waals surface area contributed by atoms with Gasteiger partial charge in [0.05, 0.1) is 24.9 Å². The van der Waals surface area contributed by atoms with Crippen molar-refractivity contribution >= 4 is 11.7 Å². The van der Waals surface area contributed by atoms with E-state index in [0.717, 1.165) is 0 Å². The zero-order valence-electron chi connectivity index (χ0n) is 13.8. The van der Waals surface area contributed by atoms with Crippen molar-refractivity contribution in [1.29, 1.82) is 0 Å². The highest BCUT2D eigenvalue weighted by atomic mass is 16.5. The van der Waals surface area contributed by atoms with E-state index in [1.807, 2.05) is 0 Å². The number of aliphatic hydroxyl groups excluding tert-OH is 1. The van der Waals surface area contributed by atoms with Crippen LogP contribution in [0.4, 0.5) is 5.82 Å². The van der Waals surface area contributed by atoms with Crippen LogP contribution in [0.1, 0.15) is 22.0 Å². The number of aromatic hydroxyl groups is 1. The van der Waals surface area contributed by atoms with Crippen molar-refractivity contribution in [2.45, 2.75) is 6.10 Å². The largest absolute Gasteiger partial charge is 0.508 e. The van der Waals surface area contributed by atoms with Gasteiger partial charge in [-0.05, 0) is 29.8 Å². The highest BCUT2D eigenvalue weighted by Crippen LogP contribution is 2.18. The van der Waals surface area contributed by atoms with Crippen LogP contribution in [0.15, 0.2) is 42.6 Å². The fourth-order valence-electron chi connectivity index (χ4n) is 2.63. The van der Waals surface area contributed by atoms with E-state index in [1.165, 1.54) is 12.3 Å². The van der Waals surface area contributed by atoms with Crippen molar-refractivity contribution in [3.63, 3.8) is 0 Å². The third-order valence-corrected chi connectivity index (χ3v) is 4.04. The molecule has 1 aromatic carbocycles. The van der Waals surface area contributed by atoms with Crippen LogP contribution in [0.3, 0.4) is 0 Å². The number of hydrogen-bond acceptors (Lipinski definition) is 6. The zero-order chi connectivity index (χ0) is 17.6. The monoisotopic (exact) mass is 343 g/mol. The molecule has 25 heavy (non-hydrogen) atoms. The number of nitrogens with zero attached hydrogens (tertiary/aromatic N) is 2. The summed E-state index contributed by atoms with van der Waals surface area (Å²) in [4.78, 5) is 18.3. The van der Waals surface area contributed by atoms with Crippen LogP contribution in [0.2, 0.25) is 0 Å². The molecule has 7 heteroatoms. The molecule has 2 heterocycles. The molecule has 1 unspecified atom stereocenters. The van der Waals surface area contributed by atoms with E-state index < -0.39 is 6.10 Å². The van der Waals surface area contributed by atoms with Gasteiger partial charge in [0.15, 0.2) is 0 Å². The Morgan fingerprint density at radius 1 is 1.28 bits per heavy atom. The first kappa shape index (κ1) is 17.2. The molecule has 1 atom stereocenters. The summed E-state index contributed by atoms with van der Waals surface area (Å²) < 4.78 is 5.24. The van der Waals surface area contributed by atoms with Crippen molar-refractivity contribution in [2.24, 2.45) is 0 Å². The molecule has 0 bridgehead atoms. The Morgan fingerprint density at radius 2 is 2.08 bits per heavy atom. The highest BCUT2D eigenvalue weighted by molar-refractivity contribution is 5.94. The number of carbonyl (C=O) groups excluding carboxylic acids is 1. The predicted molar refractivity (Wildman–Crippen MR) is 92.5 cm³/mol. The minimum absolute atomic E-state index is 0.0536. The zero-order valence-corrected chi connectivity index (χ0v) is 13.8. The lowest BCUT2D eigenvalue weighted by Gasteiger charge is -2.26. The number of rotatable bonds is 5. The fourth-order valence-corrected chi connectivity index (χ4v) is 2.63. The minimum Gasteiger partial charge on any atom is -0.508 e. The Balaban J connectivity index is 1.56. The molecule has 3 N–H and O–H groups in total. The predicted octanol–water partition coefficient (Wildman–Crippen LogP) is 1.41. The summed E-state index contributed by atoms with van der Waals surface area (Å²) in [5.74, 6) is 0.625. The average molecular weight is 343 g/mol. The van der Waals surface area contributed by atoms with Gasteiger partial charge in [-0.1, -0.05) is 12.1 Å². The second kappa shape index (κ2) is 7.96. The number of ether oxygens (including phenoxy) is 1. The molecule has 1 fully saturated rings. The smallest absolute Gasteiger partial charge is 0.255 e. The lowest BCUT2D eigenvalue weighted by molar-refractivity contribution is 0.0302. The first-order valence-corrected chi connectivity index (χ1v) is 8.17. The van der Waals surface area contributed by atoms with Gasteiger partial charge in [-0.15, -0.1) is 0 Å². The van der Waals surface area contributed by atoms with Crippen LogP contribution < -0.4 is 5.32 Å². The Kier molecular flexibility index (Phi) is 5.47. The molecule has 7 nitrogen and oxygen atoms in total. The molecular formula is C18H21N3O4. The van der Waals surface area contributed by atoms with Crippen molar-refractivity contribution in [3.05, 3.63) is 53.7 Å². The lowest BCUT2D eigenvalue weighted by atomic mass is 10.1.